The van der Waals surface area contributed by atoms with Crippen LogP contribution in [0, 0.1) is 0 Å². The highest BCUT2D eigenvalue weighted by Gasteiger charge is 2.13. The summed E-state index contributed by atoms with van der Waals surface area (Å²) < 4.78 is 43.1. The van der Waals surface area contributed by atoms with Gasteiger partial charge in [0.2, 0.25) is 0 Å². The number of nitrogens with zero attached hydrogens (tertiary/aromatic N) is 2. The number of allylic oxidation sites excluding steroid dienone is 5. The zero-order valence-electron chi connectivity index (χ0n) is 20.0. The molecule has 0 aliphatic heterocycles. The molecule has 25 heavy (non-hydrogen) atoms. The fourth-order valence-electron chi connectivity index (χ4n) is 2.68. The number of anilines is 1. The molecule has 0 unspecified atom stereocenters. The summed E-state index contributed by atoms with van der Waals surface area (Å²) in [6, 6.07) is 6.29. The minimum atomic E-state index is -0.390. The van der Waals surface area contributed by atoms with Crippen molar-refractivity contribution in [1.29, 1.82) is 0 Å². The molecule has 0 saturated carbocycles. The Morgan fingerprint density at radius 1 is 0.840 bits per heavy atom. The molecule has 0 atom stereocenters. The first kappa shape index (κ1) is 11.6. The molecule has 2 nitrogen and oxygen atoms in total. The summed E-state index contributed by atoms with van der Waals surface area (Å²) in [6.07, 6.45) is 7.76. The normalized spacial score (nSPS) is 15.9. The smallest absolute Gasteiger partial charge is 0.199 e. The maximum Gasteiger partial charge on any atom is 0.199 e. The van der Waals surface area contributed by atoms with Crippen molar-refractivity contribution in [2.45, 2.75) is 0 Å². The van der Waals surface area contributed by atoms with E-state index in [1.807, 2.05) is 86.2 Å². The van der Waals surface area contributed by atoms with Gasteiger partial charge in [0.1, 0.15) is 14.1 Å². The van der Waals surface area contributed by atoms with Crippen molar-refractivity contribution >= 4 is 17.0 Å². The van der Waals surface area contributed by atoms with Crippen molar-refractivity contribution in [3.05, 3.63) is 95.5 Å². The summed E-state index contributed by atoms with van der Waals surface area (Å²) in [5, 5.41) is 0. The lowest BCUT2D eigenvalue weighted by Gasteiger charge is -2.16. The predicted molar refractivity (Wildman–Crippen MR) is 109 cm³/mol. The molecule has 3 rings (SSSR count). The summed E-state index contributed by atoms with van der Waals surface area (Å²) in [5.74, 6) is 0. The van der Waals surface area contributed by atoms with Crippen LogP contribution in [0.1, 0.15) is 18.0 Å². The van der Waals surface area contributed by atoms with E-state index in [-0.39, 0.29) is 35.8 Å². The van der Waals surface area contributed by atoms with Gasteiger partial charge in [0.25, 0.3) is 0 Å². The Bertz CT molecular complexity index is 1070. The van der Waals surface area contributed by atoms with Gasteiger partial charge in [0.05, 0.1) is 6.85 Å². The van der Waals surface area contributed by atoms with E-state index in [2.05, 4.69) is 0 Å². The van der Waals surface area contributed by atoms with Crippen molar-refractivity contribution in [3.8, 4) is 0 Å². The van der Waals surface area contributed by atoms with E-state index in [9.17, 15) is 0 Å². The summed E-state index contributed by atoms with van der Waals surface area (Å²) in [7, 11) is 7.81. The van der Waals surface area contributed by atoms with Gasteiger partial charge in [-0.2, -0.15) is 0 Å². The SMILES string of the molecule is [2H]c1c([2H])c([2H])c(C(=C2C=CC(=[N+](C)C)C=C2)c2ccc(N(C)C)cc2)c([2H])c1[2H]. The van der Waals surface area contributed by atoms with Crippen LogP contribution < -0.4 is 4.90 Å². The molecule has 126 valence electrons. The fourth-order valence-corrected chi connectivity index (χ4v) is 2.68. The quantitative estimate of drug-likeness (QED) is 0.754. The van der Waals surface area contributed by atoms with E-state index in [0.29, 0.717) is 5.57 Å². The Morgan fingerprint density at radius 2 is 1.44 bits per heavy atom. The molecule has 0 saturated heterocycles. The molecule has 2 aromatic rings. The Morgan fingerprint density at radius 3 is 1.96 bits per heavy atom. The van der Waals surface area contributed by atoms with Gasteiger partial charge in [-0.15, -0.1) is 0 Å². The first-order chi connectivity index (χ1) is 14.1. The minimum absolute atomic E-state index is 0.204. The Hall–Kier alpha value is -2.87. The average Bonchev–Trinajstić information content (AvgIpc) is 2.74. The van der Waals surface area contributed by atoms with Gasteiger partial charge in [-0.25, -0.2) is 4.58 Å². The molecular formula is C23H25N2+. The number of hydrogen-bond acceptors (Lipinski definition) is 1. The highest BCUT2D eigenvalue weighted by molar-refractivity contribution is 6.03. The third-order valence-corrected chi connectivity index (χ3v) is 4.09. The van der Waals surface area contributed by atoms with Gasteiger partial charge < -0.3 is 4.90 Å². The summed E-state index contributed by atoms with van der Waals surface area (Å²) in [6.45, 7) is 0. The second-order valence-electron chi connectivity index (χ2n) is 6.26. The van der Waals surface area contributed by atoms with Crippen LogP contribution >= 0.6 is 0 Å². The van der Waals surface area contributed by atoms with Crippen molar-refractivity contribution < 1.29 is 11.4 Å². The molecule has 1 aliphatic carbocycles. The molecule has 0 fully saturated rings. The second-order valence-corrected chi connectivity index (χ2v) is 6.26. The highest BCUT2D eigenvalue weighted by atomic mass is 15.1. The van der Waals surface area contributed by atoms with Crippen molar-refractivity contribution in [2.24, 2.45) is 0 Å². The molecule has 1 aliphatic rings. The standard InChI is InChI=1S/C23H25N2/c1-24(2)21-14-10-19(11-15-21)23(18-8-6-5-7-9-18)20-12-16-22(17-13-20)25(3)4/h5-17H,1-4H3/q+1/i5D,6D,7D,8D,9D. The first-order valence-corrected chi connectivity index (χ1v) is 8.13. The van der Waals surface area contributed by atoms with Crippen LogP contribution in [-0.4, -0.2) is 38.5 Å². The molecule has 0 bridgehead atoms. The third-order valence-electron chi connectivity index (χ3n) is 4.09. The second kappa shape index (κ2) is 7.35. The van der Waals surface area contributed by atoms with Crippen LogP contribution in [0.2, 0.25) is 0 Å². The third kappa shape index (κ3) is 3.80. The van der Waals surface area contributed by atoms with Crippen LogP contribution in [0.5, 0.6) is 0 Å². The van der Waals surface area contributed by atoms with E-state index in [0.717, 1.165) is 22.5 Å². The Balaban J connectivity index is 2.34. The average molecular weight is 334 g/mol. The van der Waals surface area contributed by atoms with Crippen LogP contribution in [0.15, 0.2) is 84.4 Å². The van der Waals surface area contributed by atoms with Crippen LogP contribution in [-0.2, 0) is 0 Å². The maximum atomic E-state index is 8.48. The molecule has 2 heteroatoms. The minimum Gasteiger partial charge on any atom is -0.378 e. The highest BCUT2D eigenvalue weighted by Crippen LogP contribution is 2.30. The Kier molecular flexibility index (Phi) is 3.42. The molecule has 0 spiro atoms. The monoisotopic (exact) mass is 334 g/mol. The van der Waals surface area contributed by atoms with Gasteiger partial charge in [-0.1, -0.05) is 42.3 Å². The molecule has 2 aromatic carbocycles. The van der Waals surface area contributed by atoms with Crippen molar-refractivity contribution in [3.63, 3.8) is 0 Å². The van der Waals surface area contributed by atoms with Crippen LogP contribution in [0.4, 0.5) is 5.69 Å². The van der Waals surface area contributed by atoms with E-state index in [4.69, 9.17) is 6.85 Å². The molecule has 0 aromatic heterocycles. The predicted octanol–water partition coefficient (Wildman–Crippen LogP) is 4.39. The number of benzene rings is 2. The van der Waals surface area contributed by atoms with Crippen LogP contribution in [0.3, 0.4) is 0 Å². The number of hydrogen-bond donors (Lipinski definition) is 0. The van der Waals surface area contributed by atoms with Crippen molar-refractivity contribution in [2.75, 3.05) is 33.1 Å². The van der Waals surface area contributed by atoms with E-state index >= 15 is 0 Å². The lowest BCUT2D eigenvalue weighted by Crippen LogP contribution is -2.10. The molecular weight excluding hydrogens is 304 g/mol. The number of rotatable bonds is 3. The summed E-state index contributed by atoms with van der Waals surface area (Å²) in [5.41, 5.74) is 4.43. The summed E-state index contributed by atoms with van der Waals surface area (Å²) >= 11 is 0. The fraction of sp³-hybridized carbons (Fsp3) is 0.174. The van der Waals surface area contributed by atoms with Crippen molar-refractivity contribution in [1.82, 2.24) is 0 Å². The summed E-state index contributed by atoms with van der Waals surface area (Å²) in [4.78, 5) is 1.99. The first-order valence-electron chi connectivity index (χ1n) is 10.6. The van der Waals surface area contributed by atoms with Gasteiger partial charge in [-0.3, -0.25) is 0 Å². The Labute approximate surface area is 157 Å². The molecule has 0 N–H and O–H groups in total. The largest absolute Gasteiger partial charge is 0.378 e. The van der Waals surface area contributed by atoms with Gasteiger partial charge in [-0.05, 0) is 46.6 Å². The molecule has 0 heterocycles. The zero-order chi connectivity index (χ0) is 22.2. The van der Waals surface area contributed by atoms with Gasteiger partial charge in [0, 0.05) is 31.9 Å². The molecule has 0 radical (unpaired) electrons. The van der Waals surface area contributed by atoms with E-state index < -0.39 is 0 Å². The van der Waals surface area contributed by atoms with E-state index in [1.165, 1.54) is 0 Å². The topological polar surface area (TPSA) is 6.25 Å². The maximum absolute atomic E-state index is 8.48. The van der Waals surface area contributed by atoms with Gasteiger partial charge >= 0.3 is 0 Å². The zero-order valence-corrected chi connectivity index (χ0v) is 15.0. The van der Waals surface area contributed by atoms with Gasteiger partial charge in [0.15, 0.2) is 5.71 Å². The van der Waals surface area contributed by atoms with E-state index in [1.54, 1.807) is 0 Å². The van der Waals surface area contributed by atoms with Crippen LogP contribution in [0.25, 0.3) is 5.57 Å². The lowest BCUT2D eigenvalue weighted by molar-refractivity contribution is -0.462. The lowest BCUT2D eigenvalue weighted by atomic mass is 9.90. The molecule has 0 amide bonds.